The minimum absolute atomic E-state index is 0.0501. The molecule has 1 aliphatic carbocycles. The highest BCUT2D eigenvalue weighted by Gasteiger charge is 2.36. The summed E-state index contributed by atoms with van der Waals surface area (Å²) in [5.74, 6) is -0.120. The lowest BCUT2D eigenvalue weighted by atomic mass is 9.71. The van der Waals surface area contributed by atoms with Gasteiger partial charge in [0.1, 0.15) is 11.8 Å². The number of carbonyl (C=O) groups excluding carboxylic acids is 2. The number of ether oxygens (including phenoxy) is 1. The molecule has 0 unspecified atom stereocenters. The highest BCUT2D eigenvalue weighted by molar-refractivity contribution is 6.03. The molecule has 0 bridgehead atoms. The molecular formula is C21H24F2N2O3. The smallest absolute Gasteiger partial charge is 0.387 e. The van der Waals surface area contributed by atoms with Crippen LogP contribution in [0.2, 0.25) is 0 Å². The number of alkyl halides is 2. The van der Waals surface area contributed by atoms with Gasteiger partial charge in [-0.1, -0.05) is 32.1 Å². The summed E-state index contributed by atoms with van der Waals surface area (Å²) in [4.78, 5) is 26.2. The molecule has 5 nitrogen and oxygen atoms in total. The SMILES string of the molecule is CN(CC[C@@H]1C=C(C#N)C(=O)C(C)(C)C1)C(=O)Cc1ccc(OC(F)F)cc1. The molecule has 1 aliphatic rings. The van der Waals surface area contributed by atoms with Crippen molar-refractivity contribution in [2.24, 2.45) is 11.3 Å². The third-order valence-corrected chi connectivity index (χ3v) is 4.92. The number of ketones is 1. The maximum absolute atomic E-state index is 12.4. The van der Waals surface area contributed by atoms with Gasteiger partial charge in [-0.15, -0.1) is 0 Å². The quantitative estimate of drug-likeness (QED) is 0.711. The van der Waals surface area contributed by atoms with E-state index in [0.29, 0.717) is 24.9 Å². The summed E-state index contributed by atoms with van der Waals surface area (Å²) >= 11 is 0. The van der Waals surface area contributed by atoms with Crippen molar-refractivity contribution in [2.75, 3.05) is 13.6 Å². The van der Waals surface area contributed by atoms with Gasteiger partial charge in [0.2, 0.25) is 5.91 Å². The standard InChI is InChI=1S/C21H24F2N2O3/c1-21(2)12-15(10-16(13-24)19(21)27)8-9-25(3)18(26)11-14-4-6-17(7-5-14)28-20(22)23/h4-7,10,15,20H,8-9,11-12H2,1-3H3/t15-/m1/s1. The number of hydrogen-bond acceptors (Lipinski definition) is 4. The first-order valence-corrected chi connectivity index (χ1v) is 9.07. The molecule has 1 atom stereocenters. The minimum atomic E-state index is -2.88. The molecule has 0 aromatic heterocycles. The summed E-state index contributed by atoms with van der Waals surface area (Å²) < 4.78 is 28.6. The van der Waals surface area contributed by atoms with Gasteiger partial charge in [0, 0.05) is 19.0 Å². The molecule has 0 heterocycles. The second kappa shape index (κ2) is 8.96. The number of benzene rings is 1. The lowest BCUT2D eigenvalue weighted by molar-refractivity contribution is -0.129. The molecule has 7 heteroatoms. The van der Waals surface area contributed by atoms with Gasteiger partial charge in [-0.05, 0) is 36.5 Å². The van der Waals surface area contributed by atoms with Crippen LogP contribution in [0.5, 0.6) is 5.75 Å². The Kier molecular flexibility index (Phi) is 6.90. The molecule has 150 valence electrons. The van der Waals surface area contributed by atoms with Crippen LogP contribution in [-0.2, 0) is 16.0 Å². The van der Waals surface area contributed by atoms with E-state index in [1.165, 1.54) is 12.1 Å². The third kappa shape index (κ3) is 5.62. The van der Waals surface area contributed by atoms with E-state index in [9.17, 15) is 18.4 Å². The van der Waals surface area contributed by atoms with E-state index in [1.807, 2.05) is 19.9 Å². The number of hydrogen-bond donors (Lipinski definition) is 0. The average Bonchev–Trinajstić information content (AvgIpc) is 2.63. The van der Waals surface area contributed by atoms with Crippen molar-refractivity contribution < 1.29 is 23.1 Å². The Morgan fingerprint density at radius 1 is 1.36 bits per heavy atom. The van der Waals surface area contributed by atoms with E-state index in [-0.39, 0.29) is 35.4 Å². The number of allylic oxidation sites excluding steroid dienone is 2. The van der Waals surface area contributed by atoms with Crippen molar-refractivity contribution in [3.8, 4) is 11.8 Å². The Balaban J connectivity index is 1.90. The number of nitriles is 1. The van der Waals surface area contributed by atoms with Gasteiger partial charge in [-0.3, -0.25) is 9.59 Å². The number of rotatable bonds is 7. The van der Waals surface area contributed by atoms with Gasteiger partial charge in [0.05, 0.1) is 12.0 Å². The predicted octanol–water partition coefficient (Wildman–Crippen LogP) is 3.74. The van der Waals surface area contributed by atoms with Gasteiger partial charge in [0.15, 0.2) is 5.78 Å². The zero-order chi connectivity index (χ0) is 20.9. The van der Waals surface area contributed by atoms with Crippen LogP contribution in [0.4, 0.5) is 8.78 Å². The summed E-state index contributed by atoms with van der Waals surface area (Å²) in [6.07, 6.45) is 3.17. The van der Waals surface area contributed by atoms with Crippen LogP contribution in [-0.4, -0.2) is 36.8 Å². The Morgan fingerprint density at radius 2 is 2.00 bits per heavy atom. The van der Waals surface area contributed by atoms with Gasteiger partial charge in [-0.25, -0.2) is 0 Å². The predicted molar refractivity (Wildman–Crippen MR) is 99.6 cm³/mol. The highest BCUT2D eigenvalue weighted by atomic mass is 19.3. The number of Topliss-reactive ketones (excluding diaryl/α,β-unsaturated/α-hetero) is 1. The van der Waals surface area contributed by atoms with Gasteiger partial charge >= 0.3 is 6.61 Å². The highest BCUT2D eigenvalue weighted by Crippen LogP contribution is 2.36. The van der Waals surface area contributed by atoms with Crippen molar-refractivity contribution in [3.05, 3.63) is 41.5 Å². The molecule has 0 N–H and O–H groups in total. The van der Waals surface area contributed by atoms with E-state index in [0.717, 1.165) is 0 Å². The minimum Gasteiger partial charge on any atom is -0.435 e. The summed E-state index contributed by atoms with van der Waals surface area (Å²) in [5.41, 5.74) is 0.325. The number of nitrogens with zero attached hydrogens (tertiary/aromatic N) is 2. The van der Waals surface area contributed by atoms with E-state index in [1.54, 1.807) is 30.2 Å². The van der Waals surface area contributed by atoms with Crippen LogP contribution in [0, 0.1) is 22.7 Å². The summed E-state index contributed by atoms with van der Waals surface area (Å²) in [5, 5.41) is 9.15. The van der Waals surface area contributed by atoms with E-state index < -0.39 is 12.0 Å². The third-order valence-electron chi connectivity index (χ3n) is 4.92. The number of likely N-dealkylation sites (N-methyl/N-ethyl adjacent to an activating group) is 1. The first-order chi connectivity index (χ1) is 13.1. The van der Waals surface area contributed by atoms with Crippen molar-refractivity contribution in [2.45, 2.75) is 39.7 Å². The number of amides is 1. The molecule has 28 heavy (non-hydrogen) atoms. The largest absolute Gasteiger partial charge is 0.435 e. The molecular weight excluding hydrogens is 366 g/mol. The fourth-order valence-electron chi connectivity index (χ4n) is 3.34. The maximum atomic E-state index is 12.4. The van der Waals surface area contributed by atoms with E-state index in [2.05, 4.69) is 4.74 Å². The first kappa shape index (κ1) is 21.5. The van der Waals surface area contributed by atoms with Gasteiger partial charge in [0.25, 0.3) is 0 Å². The molecule has 1 aromatic rings. The molecule has 0 aliphatic heterocycles. The second-order valence-corrected chi connectivity index (χ2v) is 7.67. The number of halogens is 2. The van der Waals surface area contributed by atoms with Crippen molar-refractivity contribution >= 4 is 11.7 Å². The Labute approximate surface area is 163 Å². The molecule has 0 saturated heterocycles. The van der Waals surface area contributed by atoms with Gasteiger partial charge < -0.3 is 9.64 Å². The molecule has 1 amide bonds. The number of carbonyl (C=O) groups is 2. The van der Waals surface area contributed by atoms with E-state index >= 15 is 0 Å². The lowest BCUT2D eigenvalue weighted by Crippen LogP contribution is -2.35. The zero-order valence-electron chi connectivity index (χ0n) is 16.2. The molecule has 0 saturated carbocycles. The Morgan fingerprint density at radius 3 is 2.57 bits per heavy atom. The van der Waals surface area contributed by atoms with Crippen LogP contribution in [0.25, 0.3) is 0 Å². The van der Waals surface area contributed by atoms with Crippen LogP contribution >= 0.6 is 0 Å². The zero-order valence-corrected chi connectivity index (χ0v) is 16.2. The lowest BCUT2D eigenvalue weighted by Gasteiger charge is -2.32. The van der Waals surface area contributed by atoms with Crippen molar-refractivity contribution in [3.63, 3.8) is 0 Å². The monoisotopic (exact) mass is 390 g/mol. The molecule has 2 rings (SSSR count). The summed E-state index contributed by atoms with van der Waals surface area (Å²) in [6, 6.07) is 7.95. The normalized spacial score (nSPS) is 18.4. The van der Waals surface area contributed by atoms with Crippen LogP contribution in [0.3, 0.4) is 0 Å². The topological polar surface area (TPSA) is 70.4 Å². The average molecular weight is 390 g/mol. The molecule has 0 fully saturated rings. The Hall–Kier alpha value is -2.75. The van der Waals surface area contributed by atoms with Crippen LogP contribution in [0.1, 0.15) is 32.3 Å². The summed E-state index contributed by atoms with van der Waals surface area (Å²) in [7, 11) is 1.70. The first-order valence-electron chi connectivity index (χ1n) is 9.07. The second-order valence-electron chi connectivity index (χ2n) is 7.67. The van der Waals surface area contributed by atoms with Gasteiger partial charge in [-0.2, -0.15) is 14.0 Å². The van der Waals surface area contributed by atoms with Crippen LogP contribution < -0.4 is 4.74 Å². The summed E-state index contributed by atoms with van der Waals surface area (Å²) in [6.45, 7) is 1.29. The Bertz CT molecular complexity index is 795. The molecule has 0 spiro atoms. The maximum Gasteiger partial charge on any atom is 0.387 e. The fourth-order valence-corrected chi connectivity index (χ4v) is 3.34. The van der Waals surface area contributed by atoms with E-state index in [4.69, 9.17) is 5.26 Å². The fraction of sp³-hybridized carbons (Fsp3) is 0.476. The molecule has 1 aromatic carbocycles. The van der Waals surface area contributed by atoms with Crippen molar-refractivity contribution in [1.82, 2.24) is 4.90 Å². The van der Waals surface area contributed by atoms with Crippen LogP contribution in [0.15, 0.2) is 35.9 Å². The molecule has 0 radical (unpaired) electrons. The van der Waals surface area contributed by atoms with Crippen molar-refractivity contribution in [1.29, 1.82) is 5.26 Å².